The van der Waals surface area contributed by atoms with E-state index in [1.165, 1.54) is 22.5 Å². The van der Waals surface area contributed by atoms with Crippen molar-refractivity contribution >= 4 is 0 Å². The summed E-state index contributed by atoms with van der Waals surface area (Å²) in [6.45, 7) is 5.01. The summed E-state index contributed by atoms with van der Waals surface area (Å²) in [6, 6.07) is 10.5. The Morgan fingerprint density at radius 2 is 2.12 bits per heavy atom. The van der Waals surface area contributed by atoms with E-state index in [4.69, 9.17) is 0 Å². The lowest BCUT2D eigenvalue weighted by atomic mass is 10.1. The third kappa shape index (κ3) is 1.98. The van der Waals surface area contributed by atoms with Gasteiger partial charge in [0, 0.05) is 6.54 Å². The van der Waals surface area contributed by atoms with Crippen LogP contribution in [0.5, 0.6) is 0 Å². The molecule has 2 heterocycles. The van der Waals surface area contributed by atoms with Crippen molar-refractivity contribution in [1.29, 1.82) is 0 Å². The summed E-state index contributed by atoms with van der Waals surface area (Å²) in [5.74, 6) is 0. The van der Waals surface area contributed by atoms with Crippen LogP contribution in [0.15, 0.2) is 30.3 Å². The van der Waals surface area contributed by atoms with Gasteiger partial charge in [0.2, 0.25) is 0 Å². The molecule has 0 atom stereocenters. The minimum Gasteiger partial charge on any atom is -0.311 e. The third-order valence-electron chi connectivity index (χ3n) is 3.39. The Morgan fingerprint density at radius 1 is 1.29 bits per heavy atom. The van der Waals surface area contributed by atoms with Gasteiger partial charge < -0.3 is 5.32 Å². The molecule has 1 aliphatic rings. The highest BCUT2D eigenvalue weighted by molar-refractivity contribution is 5.29. The highest BCUT2D eigenvalue weighted by Crippen LogP contribution is 2.18. The van der Waals surface area contributed by atoms with E-state index < -0.39 is 0 Å². The van der Waals surface area contributed by atoms with Crippen LogP contribution in [0.2, 0.25) is 0 Å². The first-order chi connectivity index (χ1) is 8.34. The number of rotatable bonds is 2. The molecule has 0 aliphatic carbocycles. The van der Waals surface area contributed by atoms with Crippen LogP contribution in [-0.4, -0.2) is 16.3 Å². The molecule has 3 rings (SSSR count). The molecule has 1 aliphatic heterocycles. The molecule has 1 N–H and O–H groups in total. The Labute approximate surface area is 101 Å². The van der Waals surface area contributed by atoms with Crippen LogP contribution in [0.4, 0.5) is 0 Å². The van der Waals surface area contributed by atoms with Gasteiger partial charge in [-0.25, -0.2) is 0 Å². The number of aromatic nitrogens is 2. The summed E-state index contributed by atoms with van der Waals surface area (Å²) >= 11 is 0. The zero-order chi connectivity index (χ0) is 11.7. The molecule has 0 radical (unpaired) electrons. The summed E-state index contributed by atoms with van der Waals surface area (Å²) in [6.07, 6.45) is 1.11. The lowest BCUT2D eigenvalue weighted by Crippen LogP contribution is -2.25. The van der Waals surface area contributed by atoms with Gasteiger partial charge in [0.1, 0.15) is 0 Å². The Hall–Kier alpha value is -1.61. The van der Waals surface area contributed by atoms with Gasteiger partial charge in [-0.1, -0.05) is 30.3 Å². The molecule has 2 aromatic rings. The molecule has 0 saturated heterocycles. The van der Waals surface area contributed by atoms with Gasteiger partial charge >= 0.3 is 0 Å². The van der Waals surface area contributed by atoms with Gasteiger partial charge in [-0.15, -0.1) is 0 Å². The SMILES string of the molecule is Cc1nn(Cc2ccccc2)c2c1CCNC2. The molecular formula is C14H17N3. The van der Waals surface area contributed by atoms with Gasteiger partial charge in [0.25, 0.3) is 0 Å². The largest absolute Gasteiger partial charge is 0.311 e. The van der Waals surface area contributed by atoms with E-state index in [1.807, 2.05) is 0 Å². The maximum absolute atomic E-state index is 4.66. The summed E-state index contributed by atoms with van der Waals surface area (Å²) in [5.41, 5.74) is 5.30. The molecular weight excluding hydrogens is 210 g/mol. The minimum absolute atomic E-state index is 0.874. The Morgan fingerprint density at radius 3 is 2.94 bits per heavy atom. The van der Waals surface area contributed by atoms with E-state index in [9.17, 15) is 0 Å². The van der Waals surface area contributed by atoms with Crippen molar-refractivity contribution in [2.45, 2.75) is 26.4 Å². The predicted octanol–water partition coefficient (Wildman–Crippen LogP) is 1.89. The average molecular weight is 227 g/mol. The van der Waals surface area contributed by atoms with Crippen LogP contribution in [0.1, 0.15) is 22.5 Å². The van der Waals surface area contributed by atoms with E-state index in [1.54, 1.807) is 0 Å². The highest BCUT2D eigenvalue weighted by atomic mass is 15.3. The van der Waals surface area contributed by atoms with Gasteiger partial charge in [0.05, 0.1) is 17.9 Å². The molecule has 0 saturated carbocycles. The van der Waals surface area contributed by atoms with Gasteiger partial charge in [0.15, 0.2) is 0 Å². The van der Waals surface area contributed by atoms with Crippen LogP contribution in [-0.2, 0) is 19.5 Å². The molecule has 0 bridgehead atoms. The van der Waals surface area contributed by atoms with Crippen molar-refractivity contribution in [2.24, 2.45) is 0 Å². The second-order valence-electron chi connectivity index (χ2n) is 4.58. The first kappa shape index (κ1) is 10.5. The quantitative estimate of drug-likeness (QED) is 0.849. The third-order valence-corrected chi connectivity index (χ3v) is 3.39. The fraction of sp³-hybridized carbons (Fsp3) is 0.357. The Bertz CT molecular complexity index is 514. The first-order valence-electron chi connectivity index (χ1n) is 6.14. The van der Waals surface area contributed by atoms with E-state index in [2.05, 4.69) is 52.4 Å². The van der Waals surface area contributed by atoms with Crippen LogP contribution in [0.25, 0.3) is 0 Å². The number of nitrogens with zero attached hydrogens (tertiary/aromatic N) is 2. The summed E-state index contributed by atoms with van der Waals surface area (Å²) in [7, 11) is 0. The molecule has 0 fully saturated rings. The van der Waals surface area contributed by atoms with Crippen molar-refractivity contribution in [1.82, 2.24) is 15.1 Å². The van der Waals surface area contributed by atoms with Crippen molar-refractivity contribution in [3.63, 3.8) is 0 Å². The molecule has 0 unspecified atom stereocenters. The number of nitrogens with one attached hydrogen (secondary N) is 1. The fourth-order valence-electron chi connectivity index (χ4n) is 2.50. The zero-order valence-corrected chi connectivity index (χ0v) is 10.1. The van der Waals surface area contributed by atoms with Gasteiger partial charge in [-0.2, -0.15) is 5.10 Å². The zero-order valence-electron chi connectivity index (χ0n) is 10.1. The second-order valence-corrected chi connectivity index (χ2v) is 4.58. The average Bonchev–Trinajstić information content (AvgIpc) is 2.69. The molecule has 0 spiro atoms. The van der Waals surface area contributed by atoms with Crippen molar-refractivity contribution in [3.05, 3.63) is 52.8 Å². The normalized spacial score (nSPS) is 14.6. The molecule has 3 heteroatoms. The standard InChI is InChI=1S/C14H17N3/c1-11-13-7-8-15-9-14(13)17(16-11)10-12-5-3-2-4-6-12/h2-6,15H,7-10H2,1H3. The van der Waals surface area contributed by atoms with Crippen molar-refractivity contribution in [2.75, 3.05) is 6.54 Å². The van der Waals surface area contributed by atoms with Crippen LogP contribution >= 0.6 is 0 Å². The smallest absolute Gasteiger partial charge is 0.0663 e. The maximum Gasteiger partial charge on any atom is 0.0663 e. The monoisotopic (exact) mass is 227 g/mol. The molecule has 1 aromatic heterocycles. The van der Waals surface area contributed by atoms with Crippen molar-refractivity contribution in [3.8, 4) is 0 Å². The van der Waals surface area contributed by atoms with E-state index >= 15 is 0 Å². The first-order valence-corrected chi connectivity index (χ1v) is 6.14. The topological polar surface area (TPSA) is 29.9 Å². The van der Waals surface area contributed by atoms with Crippen molar-refractivity contribution < 1.29 is 0 Å². The van der Waals surface area contributed by atoms with Gasteiger partial charge in [-0.05, 0) is 31.0 Å². The highest BCUT2D eigenvalue weighted by Gasteiger charge is 2.17. The van der Waals surface area contributed by atoms with Gasteiger partial charge in [-0.3, -0.25) is 4.68 Å². The number of hydrogen-bond acceptors (Lipinski definition) is 2. The summed E-state index contributed by atoms with van der Waals surface area (Å²) in [5, 5.41) is 8.08. The maximum atomic E-state index is 4.66. The Balaban J connectivity index is 1.93. The molecule has 88 valence electrons. The lowest BCUT2D eigenvalue weighted by Gasteiger charge is -2.15. The van der Waals surface area contributed by atoms with Crippen LogP contribution in [0.3, 0.4) is 0 Å². The fourth-order valence-corrected chi connectivity index (χ4v) is 2.50. The van der Waals surface area contributed by atoms with E-state index in [0.29, 0.717) is 0 Å². The second kappa shape index (κ2) is 4.34. The predicted molar refractivity (Wildman–Crippen MR) is 67.9 cm³/mol. The summed E-state index contributed by atoms with van der Waals surface area (Å²) < 4.78 is 2.14. The van der Waals surface area contributed by atoms with E-state index in [-0.39, 0.29) is 0 Å². The number of fused-ring (bicyclic) bond motifs is 1. The number of hydrogen-bond donors (Lipinski definition) is 1. The van der Waals surface area contributed by atoms with Crippen LogP contribution in [0, 0.1) is 6.92 Å². The van der Waals surface area contributed by atoms with E-state index in [0.717, 1.165) is 26.1 Å². The van der Waals surface area contributed by atoms with Crippen LogP contribution < -0.4 is 5.32 Å². The molecule has 0 amide bonds. The molecule has 1 aromatic carbocycles. The molecule has 17 heavy (non-hydrogen) atoms. The minimum atomic E-state index is 0.874. The number of benzene rings is 1. The summed E-state index contributed by atoms with van der Waals surface area (Å²) in [4.78, 5) is 0. The number of aryl methyl sites for hydroxylation is 1. The lowest BCUT2D eigenvalue weighted by molar-refractivity contribution is 0.570. The Kier molecular flexibility index (Phi) is 2.69. The molecule has 3 nitrogen and oxygen atoms in total.